The summed E-state index contributed by atoms with van der Waals surface area (Å²) in [6.07, 6.45) is 0.0987. The summed E-state index contributed by atoms with van der Waals surface area (Å²) in [5.41, 5.74) is 0. The van der Waals surface area contributed by atoms with Crippen LogP contribution in [0.5, 0.6) is 0 Å². The van der Waals surface area contributed by atoms with E-state index in [0.29, 0.717) is 0 Å². The molecule has 0 aromatic heterocycles. The molecule has 0 bridgehead atoms. The summed E-state index contributed by atoms with van der Waals surface area (Å²) >= 11 is 0. The van der Waals surface area contributed by atoms with Crippen molar-refractivity contribution < 1.29 is 49.7 Å². The van der Waals surface area contributed by atoms with E-state index in [9.17, 15) is 0 Å². The topological polar surface area (TPSA) is 111 Å². The fourth-order valence-corrected chi connectivity index (χ4v) is 65.2. The number of hydrogen-bond acceptors (Lipinski definition) is 12. The van der Waals surface area contributed by atoms with Gasteiger partial charge in [0.05, 0.1) is 0 Å². The summed E-state index contributed by atoms with van der Waals surface area (Å²) in [7, 11) is -29.4. The molecule has 0 saturated carbocycles. The predicted octanol–water partition coefficient (Wildman–Crippen LogP) is 9.56. The summed E-state index contributed by atoms with van der Waals surface area (Å²) in [5.74, 6) is 0. The van der Waals surface area contributed by atoms with Crippen LogP contribution in [0.3, 0.4) is 0 Å². The molecular weight excluding hydrogens is 853 g/mol. The third kappa shape index (κ3) is 25.2. The lowest BCUT2D eigenvalue weighted by Crippen LogP contribution is -2.62. The van der Waals surface area contributed by atoms with Crippen LogP contribution in [-0.4, -0.2) is 109 Å². The zero-order chi connectivity index (χ0) is 41.1. The molecule has 0 rings (SSSR count). The van der Waals surface area contributed by atoms with Gasteiger partial charge in [-0.2, -0.15) is 0 Å². The van der Waals surface area contributed by atoms with Gasteiger partial charge >= 0.3 is 94.2 Å². The second-order valence-electron chi connectivity index (χ2n) is 18.6. The fraction of sp³-hybridized carbons (Fsp3) is 1.00. The van der Waals surface area contributed by atoms with Crippen LogP contribution in [0, 0.1) is 0 Å². The minimum atomic E-state index is -2.72. The Morgan fingerprint density at radius 3 is 0.588 bits per heavy atom. The molecule has 0 fully saturated rings. The lowest BCUT2D eigenvalue weighted by molar-refractivity contribution is 0.175. The molecule has 0 saturated heterocycles. The van der Waals surface area contributed by atoms with Gasteiger partial charge in [-0.25, -0.2) is 0 Å². The highest BCUT2D eigenvalue weighted by atomic mass is 28.5. The molecular formula is C27H79O12Si12. The highest BCUT2D eigenvalue weighted by Gasteiger charge is 2.51. The molecule has 0 aliphatic carbocycles. The van der Waals surface area contributed by atoms with E-state index in [1.54, 1.807) is 0 Å². The van der Waals surface area contributed by atoms with Crippen LogP contribution in [0.1, 0.15) is 13.8 Å². The molecule has 0 aromatic rings. The van der Waals surface area contributed by atoms with Crippen molar-refractivity contribution in [2.24, 2.45) is 0 Å². The van der Waals surface area contributed by atoms with Crippen LogP contribution in [0.4, 0.5) is 0 Å². The van der Waals surface area contributed by atoms with E-state index in [1.807, 2.05) is 13.8 Å². The first-order valence-electron chi connectivity index (χ1n) is 18.1. The second-order valence-corrected chi connectivity index (χ2v) is 60.4. The van der Waals surface area contributed by atoms with Crippen LogP contribution >= 0.6 is 0 Å². The van der Waals surface area contributed by atoms with E-state index in [-0.39, 0.29) is 6.10 Å². The Kier molecular flexibility index (Phi) is 19.1. The normalized spacial score (nSPS) is 15.8. The Morgan fingerprint density at radius 1 is 0.275 bits per heavy atom. The third-order valence-corrected chi connectivity index (χ3v) is 49.9. The molecule has 51 heavy (non-hydrogen) atoms. The Morgan fingerprint density at radius 2 is 0.431 bits per heavy atom. The van der Waals surface area contributed by atoms with Crippen molar-refractivity contribution in [1.29, 1.82) is 0 Å². The molecule has 0 aliphatic heterocycles. The van der Waals surface area contributed by atoms with E-state index in [0.717, 1.165) is 0 Å². The number of hydrogen-bond donors (Lipinski definition) is 0. The van der Waals surface area contributed by atoms with E-state index < -0.39 is 103 Å². The van der Waals surface area contributed by atoms with Gasteiger partial charge in [0, 0.05) is 6.10 Å². The molecule has 0 atom stereocenters. The monoisotopic (exact) mass is 931 g/mol. The first-order chi connectivity index (χ1) is 21.9. The van der Waals surface area contributed by atoms with Gasteiger partial charge < -0.3 is 49.7 Å². The minimum absolute atomic E-state index is 0.0987. The van der Waals surface area contributed by atoms with Crippen molar-refractivity contribution in [1.82, 2.24) is 0 Å². The number of rotatable bonds is 24. The Bertz CT molecular complexity index is 1020. The van der Waals surface area contributed by atoms with Gasteiger partial charge in [0.2, 0.25) is 0 Å². The highest BCUT2D eigenvalue weighted by Crippen LogP contribution is 2.31. The van der Waals surface area contributed by atoms with Crippen molar-refractivity contribution in [2.45, 2.75) is 177 Å². The summed E-state index contributed by atoms with van der Waals surface area (Å²) < 4.78 is 79.4. The van der Waals surface area contributed by atoms with Gasteiger partial charge in [-0.15, -0.1) is 0 Å². The predicted molar refractivity (Wildman–Crippen MR) is 238 cm³/mol. The highest BCUT2D eigenvalue weighted by molar-refractivity contribution is 6.93. The van der Waals surface area contributed by atoms with Gasteiger partial charge in [-0.3, -0.25) is 0 Å². The maximum atomic E-state index is 6.80. The van der Waals surface area contributed by atoms with E-state index in [4.69, 9.17) is 49.7 Å². The molecule has 24 heteroatoms. The molecule has 0 N–H and O–H groups in total. The first-order valence-corrected chi connectivity index (χ1v) is 51.5. The molecule has 0 aliphatic rings. The van der Waals surface area contributed by atoms with Crippen molar-refractivity contribution in [3.63, 3.8) is 0 Å². The van der Waals surface area contributed by atoms with Crippen molar-refractivity contribution in [2.75, 3.05) is 0 Å². The average Bonchev–Trinajstić information content (AvgIpc) is 2.60. The maximum Gasteiger partial charge on any atom is 0.323 e. The largest absolute Gasteiger partial charge is 0.437 e. The SMILES string of the molecule is CC(C)O[Si](C)(C)O[Si](C)(C)O[Si](C)(C)O[Si](C)(C)O[Si](C)(C)O[Si](C)(C)O[Si](C)(C)O[Si](C)(C)O[Si](C)(C)O[Si](C)(C)O[Si](C)(C)O[Si](C)C. The molecule has 0 unspecified atom stereocenters. The molecule has 12 nitrogen and oxygen atoms in total. The zero-order valence-electron chi connectivity index (χ0n) is 37.5. The summed E-state index contributed by atoms with van der Waals surface area (Å²) in [4.78, 5) is 0. The molecule has 0 aromatic carbocycles. The second kappa shape index (κ2) is 18.4. The van der Waals surface area contributed by atoms with Gasteiger partial charge in [-0.1, -0.05) is 0 Å². The Hall–Kier alpha value is 2.12. The summed E-state index contributed by atoms with van der Waals surface area (Å²) in [6, 6.07) is 0. The van der Waals surface area contributed by atoms with Crippen LogP contribution in [0.2, 0.25) is 157 Å². The molecule has 0 heterocycles. The summed E-state index contributed by atoms with van der Waals surface area (Å²) in [5, 5.41) is 0. The molecule has 0 amide bonds. The lowest BCUT2D eigenvalue weighted by atomic mass is 10.5. The van der Waals surface area contributed by atoms with Gasteiger partial charge in [-0.05, 0) is 171 Å². The Labute approximate surface area is 328 Å². The van der Waals surface area contributed by atoms with Crippen molar-refractivity contribution >= 4 is 103 Å². The minimum Gasteiger partial charge on any atom is -0.437 e. The fourth-order valence-electron chi connectivity index (χ4n) is 7.21. The summed E-state index contributed by atoms with van der Waals surface area (Å²) in [6.45, 7) is 53.8. The smallest absolute Gasteiger partial charge is 0.323 e. The average molecular weight is 933 g/mol. The van der Waals surface area contributed by atoms with Crippen LogP contribution < -0.4 is 0 Å². The van der Waals surface area contributed by atoms with Gasteiger partial charge in [0.15, 0.2) is 9.04 Å². The Balaban J connectivity index is 5.56. The maximum absolute atomic E-state index is 6.80. The molecule has 307 valence electrons. The third-order valence-electron chi connectivity index (χ3n) is 5.89. The zero-order valence-corrected chi connectivity index (χ0v) is 49.5. The van der Waals surface area contributed by atoms with Crippen LogP contribution in [0.25, 0.3) is 0 Å². The molecule has 0 spiro atoms. The lowest BCUT2D eigenvalue weighted by Gasteiger charge is -2.45. The first kappa shape index (κ1) is 53.1. The van der Waals surface area contributed by atoms with Gasteiger partial charge in [0.1, 0.15) is 0 Å². The van der Waals surface area contributed by atoms with Crippen molar-refractivity contribution in [3.8, 4) is 0 Å². The van der Waals surface area contributed by atoms with E-state index in [1.165, 1.54) is 0 Å². The van der Waals surface area contributed by atoms with Gasteiger partial charge in [0.25, 0.3) is 0 Å². The van der Waals surface area contributed by atoms with Crippen LogP contribution in [0.15, 0.2) is 0 Å². The standard InChI is InChI=1S/C27H79O12Si12/c1-27(2)28-41(5,6)30-43(9,10)32-45(13,14)34-47(17,18)36-49(21,22)38-51(25,26)39-50(23,24)37-48(19,20)35-46(15,16)33-44(11,12)31-42(7,8)29-40(3)4/h27H,1-26H3. The molecule has 1 radical (unpaired) electrons. The van der Waals surface area contributed by atoms with Crippen LogP contribution in [-0.2, 0) is 49.7 Å². The van der Waals surface area contributed by atoms with E-state index in [2.05, 4.69) is 157 Å². The van der Waals surface area contributed by atoms with Crippen molar-refractivity contribution in [3.05, 3.63) is 0 Å². The quantitative estimate of drug-likeness (QED) is 0.0860. The van der Waals surface area contributed by atoms with E-state index >= 15 is 0 Å².